The number of nitrogens with one attached hydrogen (secondary N) is 1. The molecule has 0 radical (unpaired) electrons. The van der Waals surface area contributed by atoms with E-state index in [9.17, 15) is 4.39 Å². The topological polar surface area (TPSA) is 12.0 Å². The Balaban J connectivity index is 1.68. The molecule has 0 aliphatic carbocycles. The van der Waals surface area contributed by atoms with Crippen molar-refractivity contribution in [3.8, 4) is 10.4 Å². The van der Waals surface area contributed by atoms with Crippen LogP contribution in [0.15, 0.2) is 47.2 Å². The van der Waals surface area contributed by atoms with Crippen LogP contribution >= 0.6 is 34.3 Å². The molecule has 0 amide bonds. The lowest BCUT2D eigenvalue weighted by Crippen LogP contribution is -1.97. The number of rotatable bonds is 4. The van der Waals surface area contributed by atoms with Gasteiger partial charge in [0.25, 0.3) is 0 Å². The third kappa shape index (κ3) is 3.03. The molecule has 0 fully saturated rings. The van der Waals surface area contributed by atoms with E-state index in [2.05, 4.69) is 34.3 Å². The molecule has 2 aromatic heterocycles. The maximum atomic E-state index is 13.1. The van der Waals surface area contributed by atoms with Gasteiger partial charge in [-0.2, -0.15) is 0 Å². The summed E-state index contributed by atoms with van der Waals surface area (Å²) in [6.45, 7) is 0.706. The zero-order valence-corrected chi connectivity index (χ0v) is 12.8. The Hall–Kier alpha value is -1.36. The third-order valence-electron chi connectivity index (χ3n) is 2.85. The van der Waals surface area contributed by atoms with Gasteiger partial charge in [0.1, 0.15) is 5.82 Å². The van der Waals surface area contributed by atoms with E-state index < -0.39 is 5.82 Å². The van der Waals surface area contributed by atoms with Crippen LogP contribution in [0.25, 0.3) is 10.4 Å². The lowest BCUT2D eigenvalue weighted by molar-refractivity contribution is 0.628. The van der Waals surface area contributed by atoms with Gasteiger partial charge >= 0.3 is 0 Å². The molecule has 0 atom stereocenters. The second kappa shape index (κ2) is 5.95. The van der Waals surface area contributed by atoms with E-state index in [4.69, 9.17) is 11.6 Å². The SMILES string of the molecule is Fc1ccc(NCc2cc(-c3cccs3)cs2)cc1Cl. The number of benzene rings is 1. The van der Waals surface area contributed by atoms with Crippen LogP contribution < -0.4 is 5.32 Å². The van der Waals surface area contributed by atoms with Gasteiger partial charge in [0.15, 0.2) is 0 Å². The van der Waals surface area contributed by atoms with Crippen LogP contribution in [0.2, 0.25) is 5.02 Å². The van der Waals surface area contributed by atoms with Gasteiger partial charge in [-0.25, -0.2) is 4.39 Å². The normalized spacial score (nSPS) is 10.7. The average Bonchev–Trinajstić information content (AvgIpc) is 3.09. The predicted octanol–water partition coefficient (Wildman–Crippen LogP) is 5.88. The van der Waals surface area contributed by atoms with Gasteiger partial charge in [0, 0.05) is 27.5 Å². The van der Waals surface area contributed by atoms with Crippen LogP contribution in [0, 0.1) is 5.82 Å². The Labute approximate surface area is 129 Å². The fraction of sp³-hybridized carbons (Fsp3) is 0.0667. The summed E-state index contributed by atoms with van der Waals surface area (Å²) in [5.74, 6) is -0.395. The van der Waals surface area contributed by atoms with Crippen molar-refractivity contribution < 1.29 is 4.39 Å². The van der Waals surface area contributed by atoms with Crippen molar-refractivity contribution in [1.82, 2.24) is 0 Å². The van der Waals surface area contributed by atoms with E-state index in [1.807, 2.05) is 0 Å². The Morgan fingerprint density at radius 2 is 2.05 bits per heavy atom. The molecule has 5 heteroatoms. The van der Waals surface area contributed by atoms with Crippen LogP contribution in [0.1, 0.15) is 4.88 Å². The Kier molecular flexibility index (Phi) is 4.05. The number of halogens is 2. The van der Waals surface area contributed by atoms with Crippen LogP contribution in [0.4, 0.5) is 10.1 Å². The molecular formula is C15H11ClFNS2. The van der Waals surface area contributed by atoms with E-state index >= 15 is 0 Å². The standard InChI is InChI=1S/C15H11ClFNS2/c16-13-7-11(3-4-14(13)17)18-8-12-6-10(9-20-12)15-2-1-5-19-15/h1-7,9,18H,8H2. The molecule has 0 spiro atoms. The summed E-state index contributed by atoms with van der Waals surface area (Å²) in [4.78, 5) is 2.51. The van der Waals surface area contributed by atoms with Crippen molar-refractivity contribution in [2.45, 2.75) is 6.54 Å². The quantitative estimate of drug-likeness (QED) is 0.632. The minimum Gasteiger partial charge on any atom is -0.380 e. The molecule has 1 N–H and O–H groups in total. The first-order chi connectivity index (χ1) is 9.72. The smallest absolute Gasteiger partial charge is 0.141 e. The van der Waals surface area contributed by atoms with Gasteiger partial charge in [-0.1, -0.05) is 17.7 Å². The molecule has 0 bridgehead atoms. The van der Waals surface area contributed by atoms with E-state index in [-0.39, 0.29) is 5.02 Å². The monoisotopic (exact) mass is 323 g/mol. The number of hydrogen-bond donors (Lipinski definition) is 1. The van der Waals surface area contributed by atoms with Crippen molar-refractivity contribution >= 4 is 40.0 Å². The molecular weight excluding hydrogens is 313 g/mol. The van der Waals surface area contributed by atoms with Crippen molar-refractivity contribution in [3.05, 3.63) is 62.9 Å². The Morgan fingerprint density at radius 3 is 2.80 bits per heavy atom. The number of anilines is 1. The van der Waals surface area contributed by atoms with E-state index in [1.165, 1.54) is 21.4 Å². The van der Waals surface area contributed by atoms with Crippen molar-refractivity contribution in [1.29, 1.82) is 0 Å². The summed E-state index contributed by atoms with van der Waals surface area (Å²) in [5, 5.41) is 7.62. The maximum absolute atomic E-state index is 13.1. The molecule has 0 saturated carbocycles. The summed E-state index contributed by atoms with van der Waals surface area (Å²) in [6.07, 6.45) is 0. The molecule has 0 saturated heterocycles. The summed E-state index contributed by atoms with van der Waals surface area (Å²) >= 11 is 9.20. The number of hydrogen-bond acceptors (Lipinski definition) is 3. The van der Waals surface area contributed by atoms with Gasteiger partial charge in [-0.05, 0) is 41.1 Å². The average molecular weight is 324 g/mol. The Bertz CT molecular complexity index is 706. The molecule has 2 heterocycles. The fourth-order valence-electron chi connectivity index (χ4n) is 1.84. The van der Waals surface area contributed by atoms with Crippen LogP contribution in [-0.2, 0) is 6.54 Å². The summed E-state index contributed by atoms with van der Waals surface area (Å²) < 4.78 is 13.1. The molecule has 1 nitrogen and oxygen atoms in total. The lowest BCUT2D eigenvalue weighted by atomic mass is 10.2. The lowest BCUT2D eigenvalue weighted by Gasteiger charge is -2.05. The highest BCUT2D eigenvalue weighted by Gasteiger charge is 2.04. The maximum Gasteiger partial charge on any atom is 0.141 e. The molecule has 102 valence electrons. The molecule has 0 aliphatic heterocycles. The van der Waals surface area contributed by atoms with Crippen LogP contribution in [0.3, 0.4) is 0 Å². The number of thiophene rings is 2. The molecule has 3 aromatic rings. The van der Waals surface area contributed by atoms with Gasteiger partial charge in [-0.3, -0.25) is 0 Å². The van der Waals surface area contributed by atoms with Crippen molar-refractivity contribution in [2.24, 2.45) is 0 Å². The van der Waals surface area contributed by atoms with E-state index in [1.54, 1.807) is 34.8 Å². The van der Waals surface area contributed by atoms with E-state index in [0.29, 0.717) is 6.54 Å². The van der Waals surface area contributed by atoms with Crippen molar-refractivity contribution in [3.63, 3.8) is 0 Å². The van der Waals surface area contributed by atoms with Gasteiger partial charge in [0.2, 0.25) is 0 Å². The third-order valence-corrected chi connectivity index (χ3v) is 4.99. The highest BCUT2D eigenvalue weighted by molar-refractivity contribution is 7.14. The predicted molar refractivity (Wildman–Crippen MR) is 86.4 cm³/mol. The zero-order valence-electron chi connectivity index (χ0n) is 10.4. The second-order valence-corrected chi connectivity index (χ2v) is 6.61. The summed E-state index contributed by atoms with van der Waals surface area (Å²) in [7, 11) is 0. The van der Waals surface area contributed by atoms with Gasteiger partial charge in [-0.15, -0.1) is 22.7 Å². The first kappa shape index (κ1) is 13.6. The van der Waals surface area contributed by atoms with Crippen molar-refractivity contribution in [2.75, 3.05) is 5.32 Å². The molecule has 1 aromatic carbocycles. The minimum absolute atomic E-state index is 0.139. The summed E-state index contributed by atoms with van der Waals surface area (Å²) in [6, 6.07) is 11.0. The molecule has 3 rings (SSSR count). The first-order valence-electron chi connectivity index (χ1n) is 6.02. The highest BCUT2D eigenvalue weighted by Crippen LogP contribution is 2.29. The molecule has 20 heavy (non-hydrogen) atoms. The Morgan fingerprint density at radius 1 is 1.15 bits per heavy atom. The summed E-state index contributed by atoms with van der Waals surface area (Å²) in [5.41, 5.74) is 2.07. The van der Waals surface area contributed by atoms with Gasteiger partial charge in [0.05, 0.1) is 5.02 Å². The fourth-order valence-corrected chi connectivity index (χ4v) is 3.63. The second-order valence-electron chi connectivity index (χ2n) is 4.26. The molecule has 0 unspecified atom stereocenters. The molecule has 0 aliphatic rings. The largest absolute Gasteiger partial charge is 0.380 e. The zero-order chi connectivity index (χ0) is 13.9. The van der Waals surface area contributed by atoms with Crippen LogP contribution in [0.5, 0.6) is 0 Å². The van der Waals surface area contributed by atoms with Gasteiger partial charge < -0.3 is 5.32 Å². The highest BCUT2D eigenvalue weighted by atomic mass is 35.5. The first-order valence-corrected chi connectivity index (χ1v) is 8.16. The van der Waals surface area contributed by atoms with Crippen LogP contribution in [-0.4, -0.2) is 0 Å². The van der Waals surface area contributed by atoms with E-state index in [0.717, 1.165) is 5.69 Å². The minimum atomic E-state index is -0.395.